The average Bonchev–Trinajstić information content (AvgIpc) is 3.01. The molecule has 3 rings (SSSR count). The van der Waals surface area contributed by atoms with E-state index in [2.05, 4.69) is 15.0 Å². The van der Waals surface area contributed by atoms with E-state index >= 15 is 0 Å². The summed E-state index contributed by atoms with van der Waals surface area (Å²) in [5.41, 5.74) is 0.299. The number of benzene rings is 1. The standard InChI is InChI=1S/C20H27N3O6S/c24-19(14-29-20(25)15-8-11-28-12-9-15)22-16-5-4-6-17(13-16)30(26,27)23-18-7-2-1-3-10-21-18/h4-6,13,15H,1-3,7-12,14H2,(H,21,23)(H,22,24). The molecule has 164 valence electrons. The second-order valence-electron chi connectivity index (χ2n) is 7.31. The number of nitrogens with zero attached hydrogens (tertiary/aromatic N) is 1. The molecule has 0 spiro atoms. The molecule has 1 amide bonds. The number of ether oxygens (including phenoxy) is 2. The van der Waals surface area contributed by atoms with Crippen LogP contribution in [-0.2, 0) is 29.1 Å². The SMILES string of the molecule is O=C(COC(=O)C1CCOCC1)Nc1cccc(S(=O)(=O)NC2=NCCCCC2)c1. The lowest BCUT2D eigenvalue weighted by molar-refractivity contribution is -0.154. The van der Waals surface area contributed by atoms with Gasteiger partial charge in [-0.25, -0.2) is 8.42 Å². The van der Waals surface area contributed by atoms with Crippen LogP contribution in [0.5, 0.6) is 0 Å². The van der Waals surface area contributed by atoms with Gasteiger partial charge in [-0.2, -0.15) is 0 Å². The number of hydrogen-bond donors (Lipinski definition) is 2. The zero-order valence-electron chi connectivity index (χ0n) is 16.8. The number of nitrogens with one attached hydrogen (secondary N) is 2. The van der Waals surface area contributed by atoms with Gasteiger partial charge in [0.15, 0.2) is 6.61 Å². The molecule has 0 radical (unpaired) electrons. The first-order valence-electron chi connectivity index (χ1n) is 10.1. The third-order valence-corrected chi connectivity index (χ3v) is 6.33. The molecule has 2 aliphatic heterocycles. The van der Waals surface area contributed by atoms with Crippen molar-refractivity contribution in [2.45, 2.75) is 43.4 Å². The van der Waals surface area contributed by atoms with Crippen molar-refractivity contribution in [1.29, 1.82) is 0 Å². The number of esters is 1. The maximum absolute atomic E-state index is 12.7. The highest BCUT2D eigenvalue weighted by atomic mass is 32.2. The van der Waals surface area contributed by atoms with Crippen molar-refractivity contribution >= 4 is 33.4 Å². The highest BCUT2D eigenvalue weighted by Crippen LogP contribution is 2.18. The number of rotatable bonds is 6. The van der Waals surface area contributed by atoms with Crippen molar-refractivity contribution in [3.63, 3.8) is 0 Å². The smallest absolute Gasteiger partial charge is 0.309 e. The molecular weight excluding hydrogens is 410 g/mol. The van der Waals surface area contributed by atoms with Crippen LogP contribution in [0.2, 0.25) is 0 Å². The molecule has 2 aliphatic rings. The second kappa shape index (κ2) is 10.5. The van der Waals surface area contributed by atoms with E-state index in [9.17, 15) is 18.0 Å². The maximum Gasteiger partial charge on any atom is 0.309 e. The van der Waals surface area contributed by atoms with Crippen LogP contribution in [0.1, 0.15) is 38.5 Å². The van der Waals surface area contributed by atoms with E-state index in [0.717, 1.165) is 19.3 Å². The number of carbonyl (C=O) groups is 2. The van der Waals surface area contributed by atoms with Crippen molar-refractivity contribution < 1.29 is 27.5 Å². The van der Waals surface area contributed by atoms with E-state index < -0.39 is 28.5 Å². The van der Waals surface area contributed by atoms with E-state index in [1.165, 1.54) is 18.2 Å². The van der Waals surface area contributed by atoms with E-state index in [1.54, 1.807) is 6.07 Å². The monoisotopic (exact) mass is 437 g/mol. The zero-order chi connectivity index (χ0) is 21.4. The van der Waals surface area contributed by atoms with Gasteiger partial charge >= 0.3 is 5.97 Å². The Balaban J connectivity index is 1.55. The third-order valence-electron chi connectivity index (χ3n) is 4.95. The van der Waals surface area contributed by atoms with E-state index in [-0.39, 0.29) is 10.8 Å². The number of sulfonamides is 1. The molecule has 0 aromatic heterocycles. The number of anilines is 1. The van der Waals surface area contributed by atoms with Gasteiger partial charge in [-0.05, 0) is 43.9 Å². The summed E-state index contributed by atoms with van der Waals surface area (Å²) < 4.78 is 38.1. The summed E-state index contributed by atoms with van der Waals surface area (Å²) >= 11 is 0. The fourth-order valence-electron chi connectivity index (χ4n) is 3.30. The van der Waals surface area contributed by atoms with Crippen LogP contribution in [0.3, 0.4) is 0 Å². The molecule has 2 heterocycles. The van der Waals surface area contributed by atoms with Gasteiger partial charge in [0.1, 0.15) is 5.84 Å². The molecule has 1 fully saturated rings. The first-order valence-corrected chi connectivity index (χ1v) is 11.6. The molecule has 10 heteroatoms. The van der Waals surface area contributed by atoms with Crippen molar-refractivity contribution in [3.05, 3.63) is 24.3 Å². The first-order chi connectivity index (χ1) is 14.4. The number of amidine groups is 1. The Morgan fingerprint density at radius 2 is 1.97 bits per heavy atom. The summed E-state index contributed by atoms with van der Waals surface area (Å²) in [7, 11) is -3.80. The Hall–Kier alpha value is -2.46. The predicted molar refractivity (Wildman–Crippen MR) is 111 cm³/mol. The van der Waals surface area contributed by atoms with Crippen LogP contribution in [0.4, 0.5) is 5.69 Å². The summed E-state index contributed by atoms with van der Waals surface area (Å²) in [5, 5.41) is 2.56. The lowest BCUT2D eigenvalue weighted by atomic mass is 10.0. The molecule has 1 saturated heterocycles. The van der Waals surface area contributed by atoms with Crippen LogP contribution in [0, 0.1) is 5.92 Å². The maximum atomic E-state index is 12.7. The normalized spacial score (nSPS) is 18.1. The van der Waals surface area contributed by atoms with Gasteiger partial charge in [-0.15, -0.1) is 0 Å². The molecule has 0 bridgehead atoms. The van der Waals surface area contributed by atoms with Gasteiger partial charge < -0.3 is 14.8 Å². The molecule has 30 heavy (non-hydrogen) atoms. The van der Waals surface area contributed by atoms with Gasteiger partial charge in [0.05, 0.1) is 10.8 Å². The fourth-order valence-corrected chi connectivity index (χ4v) is 4.43. The predicted octanol–water partition coefficient (Wildman–Crippen LogP) is 1.85. The summed E-state index contributed by atoms with van der Waals surface area (Å²) in [6.07, 6.45) is 4.62. The molecule has 9 nitrogen and oxygen atoms in total. The largest absolute Gasteiger partial charge is 0.455 e. The van der Waals surface area contributed by atoms with Gasteiger partial charge in [0, 0.05) is 31.9 Å². The van der Waals surface area contributed by atoms with Crippen molar-refractivity contribution in [2.75, 3.05) is 31.7 Å². The number of amides is 1. The lowest BCUT2D eigenvalue weighted by Gasteiger charge is -2.20. The van der Waals surface area contributed by atoms with Gasteiger partial charge in [0.2, 0.25) is 0 Å². The molecular formula is C20H27N3O6S. The molecule has 1 aromatic rings. The van der Waals surface area contributed by atoms with Crippen LogP contribution >= 0.6 is 0 Å². The summed E-state index contributed by atoms with van der Waals surface area (Å²) in [5.74, 6) is -0.746. The Kier molecular flexibility index (Phi) is 7.81. The van der Waals surface area contributed by atoms with Crippen LogP contribution < -0.4 is 10.0 Å². The van der Waals surface area contributed by atoms with Crippen molar-refractivity contribution in [2.24, 2.45) is 10.9 Å². The quantitative estimate of drug-likeness (QED) is 0.655. The molecule has 0 saturated carbocycles. The average molecular weight is 438 g/mol. The van der Waals surface area contributed by atoms with Gasteiger partial charge in [-0.1, -0.05) is 12.5 Å². The molecule has 1 aromatic carbocycles. The minimum absolute atomic E-state index is 0.0199. The number of carbonyl (C=O) groups excluding carboxylic acids is 2. The minimum Gasteiger partial charge on any atom is -0.455 e. The van der Waals surface area contributed by atoms with Crippen LogP contribution in [0.15, 0.2) is 34.2 Å². The van der Waals surface area contributed by atoms with E-state index in [1.807, 2.05) is 0 Å². The topological polar surface area (TPSA) is 123 Å². The minimum atomic E-state index is -3.80. The Morgan fingerprint density at radius 1 is 1.17 bits per heavy atom. The number of aliphatic imine (C=N–C) groups is 1. The van der Waals surface area contributed by atoms with Gasteiger partial charge in [0.25, 0.3) is 15.9 Å². The van der Waals surface area contributed by atoms with Crippen LogP contribution in [-0.4, -0.2) is 52.5 Å². The molecule has 0 unspecified atom stereocenters. The fraction of sp³-hybridized carbons (Fsp3) is 0.550. The Labute approximate surface area is 176 Å². The molecule has 0 aliphatic carbocycles. The summed E-state index contributed by atoms with van der Waals surface area (Å²) in [6.45, 7) is 1.20. The third kappa shape index (κ3) is 6.53. The number of hydrogen-bond acceptors (Lipinski definition) is 7. The molecule has 0 atom stereocenters. The van der Waals surface area contributed by atoms with E-state index in [0.29, 0.717) is 50.5 Å². The van der Waals surface area contributed by atoms with E-state index in [4.69, 9.17) is 9.47 Å². The van der Waals surface area contributed by atoms with Gasteiger partial charge in [-0.3, -0.25) is 19.3 Å². The highest BCUT2D eigenvalue weighted by molar-refractivity contribution is 7.90. The second-order valence-corrected chi connectivity index (χ2v) is 9.00. The lowest BCUT2D eigenvalue weighted by Crippen LogP contribution is -2.30. The highest BCUT2D eigenvalue weighted by Gasteiger charge is 2.24. The van der Waals surface area contributed by atoms with Crippen molar-refractivity contribution in [3.8, 4) is 0 Å². The Morgan fingerprint density at radius 3 is 2.77 bits per heavy atom. The Bertz CT molecular complexity index is 894. The summed E-state index contributed by atoms with van der Waals surface area (Å²) in [4.78, 5) is 28.4. The summed E-state index contributed by atoms with van der Waals surface area (Å²) in [6, 6.07) is 5.91. The van der Waals surface area contributed by atoms with Crippen LogP contribution in [0.25, 0.3) is 0 Å². The van der Waals surface area contributed by atoms with Crippen molar-refractivity contribution in [1.82, 2.24) is 4.72 Å². The first kappa shape index (κ1) is 22.2. The molecule has 2 N–H and O–H groups in total. The zero-order valence-corrected chi connectivity index (χ0v) is 17.6.